The van der Waals surface area contributed by atoms with Crippen molar-refractivity contribution >= 4 is 41.7 Å². The summed E-state index contributed by atoms with van der Waals surface area (Å²) in [5.74, 6) is 5.96. The fourth-order valence-electron chi connectivity index (χ4n) is 16.1. The first kappa shape index (κ1) is 83.7. The van der Waals surface area contributed by atoms with Crippen molar-refractivity contribution in [2.45, 2.75) is 272 Å². The maximum Gasteiger partial charge on any atom is 0.320 e. The Kier molecular flexibility index (Phi) is 45.3. The van der Waals surface area contributed by atoms with Crippen LogP contribution in [0.2, 0.25) is 0 Å². The Bertz CT molecular complexity index is 2250. The summed E-state index contributed by atoms with van der Waals surface area (Å²) in [6.07, 6.45) is 53.3. The summed E-state index contributed by atoms with van der Waals surface area (Å²) in [4.78, 5) is 94.3. The molecular weight excluding hydrogens is 1230 g/mol. The van der Waals surface area contributed by atoms with Gasteiger partial charge in [0, 0.05) is 143 Å². The van der Waals surface area contributed by atoms with E-state index >= 15 is 0 Å². The number of carbonyl (C=O) groups is 7. The van der Waals surface area contributed by atoms with Crippen LogP contribution in [0.1, 0.15) is 272 Å². The monoisotopic (exact) mass is 1370 g/mol. The van der Waals surface area contributed by atoms with Crippen molar-refractivity contribution in [3.05, 3.63) is 24.3 Å². The Balaban J connectivity index is 0.839. The molecule has 10 amide bonds. The molecule has 5 rings (SSSR count). The smallest absolute Gasteiger partial charge is 0.320 e. The Morgan fingerprint density at radius 1 is 0.347 bits per heavy atom. The summed E-state index contributed by atoms with van der Waals surface area (Å²) in [6, 6.07) is 0.0000952. The maximum atomic E-state index is 13.2. The first-order valence-corrected chi connectivity index (χ1v) is 40.8. The maximum absolute atomic E-state index is 13.2. The Hall–Kier alpha value is -4.91. The SMILES string of the molecule is CCCCCCC1C=CC(CCCCCCCC(=O)NCCN2CCN(CCNC(=O)CCCCCCCC3C(CCCCCCCC(=O)NCCNCCN4CCNC4=O)C=CC(CCCCCC)C3C)C2=O)C(CCCCCCCC(=O)NCCNCCN2CCNC2=O)C1C. The largest absolute Gasteiger partial charge is 0.355 e. The molecule has 2 aliphatic carbocycles. The second-order valence-electron chi connectivity index (χ2n) is 30.0. The second-order valence-corrected chi connectivity index (χ2v) is 30.0. The van der Waals surface area contributed by atoms with Gasteiger partial charge in [-0.1, -0.05) is 206 Å². The average Bonchev–Trinajstić information content (AvgIpc) is 1.46. The summed E-state index contributed by atoms with van der Waals surface area (Å²) in [7, 11) is 0. The van der Waals surface area contributed by atoms with Gasteiger partial charge in [-0.05, 0) is 112 Å². The molecule has 562 valence electrons. The number of urea groups is 3. The molecular formula is C79H144N12O7. The molecule has 3 heterocycles. The van der Waals surface area contributed by atoms with E-state index in [4.69, 9.17) is 0 Å². The second kappa shape index (κ2) is 53.0. The third-order valence-electron chi connectivity index (χ3n) is 22.4. The predicted octanol–water partition coefficient (Wildman–Crippen LogP) is 13.4. The fraction of sp³-hybridized carbons (Fsp3) is 0.861. The molecule has 0 bridgehead atoms. The van der Waals surface area contributed by atoms with Crippen molar-refractivity contribution in [3.63, 3.8) is 0 Å². The molecule has 8 N–H and O–H groups in total. The van der Waals surface area contributed by atoms with E-state index in [2.05, 4.69) is 94.5 Å². The summed E-state index contributed by atoms with van der Waals surface area (Å²) in [6.45, 7) is 21.3. The number of rotatable bonds is 60. The van der Waals surface area contributed by atoms with Gasteiger partial charge in [0.25, 0.3) is 0 Å². The lowest BCUT2D eigenvalue weighted by molar-refractivity contribution is -0.122. The molecule has 0 radical (unpaired) electrons. The van der Waals surface area contributed by atoms with Crippen LogP contribution >= 0.6 is 0 Å². The number of allylic oxidation sites excluding steroid dienone is 4. The molecule has 0 aromatic rings. The number of nitrogens with one attached hydrogen (secondary N) is 8. The van der Waals surface area contributed by atoms with Crippen LogP contribution in [0.3, 0.4) is 0 Å². The quantitative estimate of drug-likeness (QED) is 0.0214. The van der Waals surface area contributed by atoms with Crippen LogP contribution in [0.15, 0.2) is 24.3 Å². The van der Waals surface area contributed by atoms with E-state index in [1.807, 2.05) is 19.6 Å². The highest BCUT2D eigenvalue weighted by Gasteiger charge is 2.34. The number of hydrogen-bond acceptors (Lipinski definition) is 9. The van der Waals surface area contributed by atoms with Gasteiger partial charge in [-0.2, -0.15) is 0 Å². The average molecular weight is 1370 g/mol. The number of amides is 10. The highest BCUT2D eigenvalue weighted by molar-refractivity contribution is 5.79. The topological polar surface area (TPSA) is 229 Å². The number of unbranched alkanes of at least 4 members (excludes halogenated alkanes) is 22. The number of nitrogens with zero attached hydrogens (tertiary/aromatic N) is 4. The number of carbonyl (C=O) groups excluding carboxylic acids is 7. The van der Waals surface area contributed by atoms with E-state index < -0.39 is 0 Å². The van der Waals surface area contributed by atoms with Crippen molar-refractivity contribution in [1.82, 2.24) is 62.1 Å². The number of hydrogen-bond donors (Lipinski definition) is 8. The zero-order valence-corrected chi connectivity index (χ0v) is 62.7. The summed E-state index contributed by atoms with van der Waals surface area (Å²) < 4.78 is 0. The molecule has 0 saturated carbocycles. The molecule has 0 aromatic heterocycles. The van der Waals surface area contributed by atoms with E-state index in [9.17, 15) is 33.6 Å². The van der Waals surface area contributed by atoms with Gasteiger partial charge in [0.2, 0.25) is 23.6 Å². The molecule has 98 heavy (non-hydrogen) atoms. The fourth-order valence-corrected chi connectivity index (χ4v) is 16.1. The van der Waals surface area contributed by atoms with Crippen molar-refractivity contribution in [2.24, 2.45) is 47.3 Å². The van der Waals surface area contributed by atoms with Crippen LogP contribution in [0.25, 0.3) is 0 Å². The molecule has 3 saturated heterocycles. The van der Waals surface area contributed by atoms with Gasteiger partial charge in [-0.3, -0.25) is 19.2 Å². The summed E-state index contributed by atoms with van der Waals surface area (Å²) >= 11 is 0. The summed E-state index contributed by atoms with van der Waals surface area (Å²) in [5, 5.41) is 24.5. The van der Waals surface area contributed by atoms with Gasteiger partial charge in [0.05, 0.1) is 0 Å². The van der Waals surface area contributed by atoms with Crippen LogP contribution < -0.4 is 42.5 Å². The predicted molar refractivity (Wildman–Crippen MR) is 401 cm³/mol. The minimum Gasteiger partial charge on any atom is -0.355 e. The Morgan fingerprint density at radius 2 is 0.643 bits per heavy atom. The van der Waals surface area contributed by atoms with E-state index in [0.717, 1.165) is 115 Å². The van der Waals surface area contributed by atoms with Gasteiger partial charge < -0.3 is 62.1 Å². The third-order valence-corrected chi connectivity index (χ3v) is 22.4. The van der Waals surface area contributed by atoms with Gasteiger partial charge in [-0.15, -0.1) is 0 Å². The van der Waals surface area contributed by atoms with Gasteiger partial charge in [0.1, 0.15) is 0 Å². The van der Waals surface area contributed by atoms with Gasteiger partial charge >= 0.3 is 18.1 Å². The highest BCUT2D eigenvalue weighted by Crippen LogP contribution is 2.43. The Morgan fingerprint density at radius 3 is 0.990 bits per heavy atom. The van der Waals surface area contributed by atoms with Gasteiger partial charge in [-0.25, -0.2) is 14.4 Å². The van der Waals surface area contributed by atoms with Crippen molar-refractivity contribution < 1.29 is 33.6 Å². The third kappa shape index (κ3) is 35.6. The van der Waals surface area contributed by atoms with Crippen LogP contribution in [-0.4, -0.2) is 179 Å². The standard InChI is InChI=1S/C79H144N12O7/c1-5-7-9-23-33-67-44-46-70(71(65(67)3)37-27-17-13-21-30-40-74(93)83-50-48-81-52-58-89-60-56-87-78(89)97)36-26-16-12-20-31-41-75(94)84-53-61-90-63-64-91(79(90)98)62-54-85-76(95)42-32-22-14-18-28-38-72-66(4)68(34-24-10-8-6-2)43-45-69(72)35-25-15-11-19-29-39-73(92)82-49-47-80-51-57-88-59-55-86-77(88)96/h43-46,65-72,80-81H,5-42,47-64H2,1-4H3,(H,82,92)(H,83,93)(H,84,94)(H,85,95)(H,86,96)(H,87,97). The minimum absolute atomic E-state index is 0.00808. The molecule has 5 aliphatic rings. The minimum atomic E-state index is -0.0165. The zero-order chi connectivity index (χ0) is 70.1. The molecule has 3 fully saturated rings. The molecule has 8 atom stereocenters. The molecule has 0 spiro atoms. The first-order valence-electron chi connectivity index (χ1n) is 40.8. The summed E-state index contributed by atoms with van der Waals surface area (Å²) in [5.41, 5.74) is 0. The molecule has 19 nitrogen and oxygen atoms in total. The van der Waals surface area contributed by atoms with Crippen molar-refractivity contribution in [2.75, 3.05) is 118 Å². The Labute approximate surface area is 595 Å². The molecule has 3 aliphatic heterocycles. The molecule has 0 aromatic carbocycles. The lowest BCUT2D eigenvalue weighted by Gasteiger charge is -2.38. The van der Waals surface area contributed by atoms with Crippen molar-refractivity contribution in [3.8, 4) is 0 Å². The molecule has 19 heteroatoms. The van der Waals surface area contributed by atoms with E-state index in [0.29, 0.717) is 140 Å². The van der Waals surface area contributed by atoms with Crippen LogP contribution in [0.5, 0.6) is 0 Å². The zero-order valence-electron chi connectivity index (χ0n) is 62.7. The lowest BCUT2D eigenvalue weighted by Crippen LogP contribution is -2.40. The molecule has 8 unspecified atom stereocenters. The van der Waals surface area contributed by atoms with E-state index in [1.165, 1.54) is 154 Å². The van der Waals surface area contributed by atoms with E-state index in [1.54, 1.807) is 0 Å². The van der Waals surface area contributed by atoms with E-state index in [-0.39, 0.29) is 41.7 Å². The lowest BCUT2D eigenvalue weighted by atomic mass is 9.67. The normalized spacial score (nSPS) is 21.5. The van der Waals surface area contributed by atoms with Crippen molar-refractivity contribution in [1.29, 1.82) is 0 Å². The van der Waals surface area contributed by atoms with Crippen LogP contribution in [0.4, 0.5) is 14.4 Å². The van der Waals surface area contributed by atoms with Crippen LogP contribution in [0, 0.1) is 47.3 Å². The van der Waals surface area contributed by atoms with Gasteiger partial charge in [0.15, 0.2) is 0 Å². The van der Waals surface area contributed by atoms with Crippen LogP contribution in [-0.2, 0) is 19.2 Å². The first-order chi connectivity index (χ1) is 47.9. The highest BCUT2D eigenvalue weighted by atomic mass is 16.2.